The maximum Gasteiger partial charge on any atom is 0.417 e. The molecule has 0 saturated carbocycles. The second-order valence-corrected chi connectivity index (χ2v) is 6.29. The number of pyridine rings is 1. The molecule has 0 fully saturated rings. The fraction of sp³-hybridized carbons (Fsp3) is 0.0476. The predicted molar refractivity (Wildman–Crippen MR) is 101 cm³/mol. The molecule has 2 aromatic carbocycles. The summed E-state index contributed by atoms with van der Waals surface area (Å²) in [5.74, 6) is -1.20. The first-order valence-corrected chi connectivity index (χ1v) is 8.55. The zero-order chi connectivity index (χ0) is 20.6. The molecular formula is C21H13F4N3O. The van der Waals surface area contributed by atoms with Crippen molar-refractivity contribution in [2.24, 2.45) is 0 Å². The van der Waals surface area contributed by atoms with E-state index in [4.69, 9.17) is 0 Å². The lowest BCUT2D eigenvalue weighted by atomic mass is 10.0. The van der Waals surface area contributed by atoms with Gasteiger partial charge in [0.25, 0.3) is 5.91 Å². The van der Waals surface area contributed by atoms with E-state index in [0.29, 0.717) is 11.0 Å². The number of amides is 1. The van der Waals surface area contributed by atoms with E-state index in [0.717, 1.165) is 6.07 Å². The molecule has 0 spiro atoms. The molecule has 8 heteroatoms. The Labute approximate surface area is 162 Å². The molecule has 2 aromatic heterocycles. The Kier molecular flexibility index (Phi) is 4.54. The molecule has 0 unspecified atom stereocenters. The molecule has 4 rings (SSSR count). The van der Waals surface area contributed by atoms with E-state index in [-0.39, 0.29) is 22.6 Å². The van der Waals surface area contributed by atoms with Crippen LogP contribution < -0.4 is 5.32 Å². The number of fused-ring (bicyclic) bond motifs is 1. The standard InChI is InChI=1S/C21H13F4N3O/c22-16-8-4-2-6-14(16)20(29)28-18-10-9-12-11-17(26-19(12)27-18)13-5-1-3-7-15(13)21(23,24)25/h1-11H,(H2,26,27,28,29). The molecule has 2 heterocycles. The van der Waals surface area contributed by atoms with Crippen LogP contribution in [-0.4, -0.2) is 15.9 Å². The van der Waals surface area contributed by atoms with Gasteiger partial charge in [0, 0.05) is 16.6 Å². The zero-order valence-electron chi connectivity index (χ0n) is 14.7. The lowest BCUT2D eigenvalue weighted by Gasteiger charge is -2.11. The molecule has 0 aliphatic carbocycles. The SMILES string of the molecule is O=C(Nc1ccc2cc(-c3ccccc3C(F)(F)F)[nH]c2n1)c1ccccc1F. The molecule has 4 aromatic rings. The van der Waals surface area contributed by atoms with Crippen LogP contribution in [0.3, 0.4) is 0 Å². The molecule has 0 aliphatic heterocycles. The maximum atomic E-state index is 13.7. The number of nitrogens with one attached hydrogen (secondary N) is 2. The number of nitrogens with zero attached hydrogens (tertiary/aromatic N) is 1. The van der Waals surface area contributed by atoms with Gasteiger partial charge in [-0.2, -0.15) is 13.2 Å². The minimum Gasteiger partial charge on any atom is -0.339 e. The van der Waals surface area contributed by atoms with Crippen LogP contribution >= 0.6 is 0 Å². The van der Waals surface area contributed by atoms with Gasteiger partial charge in [-0.3, -0.25) is 4.79 Å². The van der Waals surface area contributed by atoms with Gasteiger partial charge in [0.15, 0.2) is 0 Å². The third-order valence-electron chi connectivity index (χ3n) is 4.36. The van der Waals surface area contributed by atoms with Gasteiger partial charge in [0.05, 0.1) is 11.1 Å². The first-order valence-electron chi connectivity index (χ1n) is 8.55. The number of carbonyl (C=O) groups excluding carboxylic acids is 1. The first-order chi connectivity index (χ1) is 13.8. The third-order valence-corrected chi connectivity index (χ3v) is 4.36. The summed E-state index contributed by atoms with van der Waals surface area (Å²) in [4.78, 5) is 19.3. The van der Waals surface area contributed by atoms with Gasteiger partial charge in [0.1, 0.15) is 17.3 Å². The maximum absolute atomic E-state index is 13.7. The van der Waals surface area contributed by atoms with Crippen molar-refractivity contribution in [3.05, 3.63) is 83.7 Å². The number of aromatic nitrogens is 2. The van der Waals surface area contributed by atoms with Gasteiger partial charge in [-0.15, -0.1) is 0 Å². The summed E-state index contributed by atoms with van der Waals surface area (Å²) in [5, 5.41) is 3.06. The van der Waals surface area contributed by atoms with Crippen LogP contribution in [0.2, 0.25) is 0 Å². The summed E-state index contributed by atoms with van der Waals surface area (Å²) < 4.78 is 53.6. The van der Waals surface area contributed by atoms with E-state index in [2.05, 4.69) is 15.3 Å². The summed E-state index contributed by atoms with van der Waals surface area (Å²) in [6, 6.07) is 15.4. The van der Waals surface area contributed by atoms with Crippen molar-refractivity contribution in [1.82, 2.24) is 9.97 Å². The fourth-order valence-electron chi connectivity index (χ4n) is 3.01. The first kappa shape index (κ1) is 18.7. The molecule has 0 aliphatic rings. The smallest absolute Gasteiger partial charge is 0.339 e. The van der Waals surface area contributed by atoms with E-state index < -0.39 is 23.5 Å². The van der Waals surface area contributed by atoms with Crippen molar-refractivity contribution in [2.45, 2.75) is 6.18 Å². The fourth-order valence-corrected chi connectivity index (χ4v) is 3.01. The molecule has 2 N–H and O–H groups in total. The number of anilines is 1. The van der Waals surface area contributed by atoms with Crippen molar-refractivity contribution in [3.8, 4) is 11.3 Å². The molecule has 0 atom stereocenters. The van der Waals surface area contributed by atoms with Crippen LogP contribution in [0.25, 0.3) is 22.3 Å². The van der Waals surface area contributed by atoms with E-state index >= 15 is 0 Å². The Morgan fingerprint density at radius 2 is 1.69 bits per heavy atom. The van der Waals surface area contributed by atoms with Gasteiger partial charge in [-0.25, -0.2) is 9.37 Å². The van der Waals surface area contributed by atoms with Gasteiger partial charge >= 0.3 is 6.18 Å². The summed E-state index contributed by atoms with van der Waals surface area (Å²) in [6.07, 6.45) is -4.50. The highest BCUT2D eigenvalue weighted by molar-refractivity contribution is 6.04. The van der Waals surface area contributed by atoms with E-state index in [9.17, 15) is 22.4 Å². The number of halogens is 4. The Balaban J connectivity index is 1.68. The van der Waals surface area contributed by atoms with Crippen LogP contribution in [0.4, 0.5) is 23.4 Å². The summed E-state index contributed by atoms with van der Waals surface area (Å²) >= 11 is 0. The Morgan fingerprint density at radius 3 is 2.45 bits per heavy atom. The minimum absolute atomic E-state index is 0.00468. The lowest BCUT2D eigenvalue weighted by Crippen LogP contribution is -2.14. The molecule has 0 saturated heterocycles. The van der Waals surface area contributed by atoms with Crippen molar-refractivity contribution in [2.75, 3.05) is 5.32 Å². The van der Waals surface area contributed by atoms with E-state index in [1.54, 1.807) is 12.1 Å². The number of rotatable bonds is 3. The van der Waals surface area contributed by atoms with Crippen LogP contribution in [0.15, 0.2) is 66.7 Å². The number of aromatic amines is 1. The normalized spacial score (nSPS) is 11.6. The van der Waals surface area contributed by atoms with E-state index in [1.807, 2.05) is 0 Å². The van der Waals surface area contributed by atoms with Crippen LogP contribution in [0.1, 0.15) is 15.9 Å². The average molecular weight is 399 g/mol. The van der Waals surface area contributed by atoms with Crippen molar-refractivity contribution < 1.29 is 22.4 Å². The quantitative estimate of drug-likeness (QED) is 0.438. The Bertz CT molecular complexity index is 1210. The number of benzene rings is 2. The van der Waals surface area contributed by atoms with Gasteiger partial charge in [-0.1, -0.05) is 30.3 Å². The molecule has 146 valence electrons. The highest BCUT2D eigenvalue weighted by atomic mass is 19.4. The second-order valence-electron chi connectivity index (χ2n) is 6.29. The van der Waals surface area contributed by atoms with Gasteiger partial charge in [-0.05, 0) is 36.4 Å². The molecule has 1 amide bonds. The van der Waals surface area contributed by atoms with Crippen LogP contribution in [0.5, 0.6) is 0 Å². The number of hydrogen-bond donors (Lipinski definition) is 2. The van der Waals surface area contributed by atoms with Crippen molar-refractivity contribution in [1.29, 1.82) is 0 Å². The topological polar surface area (TPSA) is 57.8 Å². The average Bonchev–Trinajstić information content (AvgIpc) is 3.11. The Hall–Kier alpha value is -3.68. The molecule has 0 bridgehead atoms. The number of hydrogen-bond acceptors (Lipinski definition) is 2. The Morgan fingerprint density at radius 1 is 0.966 bits per heavy atom. The lowest BCUT2D eigenvalue weighted by molar-refractivity contribution is -0.137. The highest BCUT2D eigenvalue weighted by Crippen LogP contribution is 2.37. The third kappa shape index (κ3) is 3.69. The zero-order valence-corrected chi connectivity index (χ0v) is 14.7. The van der Waals surface area contributed by atoms with Crippen LogP contribution in [0, 0.1) is 5.82 Å². The van der Waals surface area contributed by atoms with Gasteiger partial charge < -0.3 is 10.3 Å². The van der Waals surface area contributed by atoms with Crippen LogP contribution in [-0.2, 0) is 6.18 Å². The number of alkyl halides is 3. The van der Waals surface area contributed by atoms with Crippen molar-refractivity contribution in [3.63, 3.8) is 0 Å². The van der Waals surface area contributed by atoms with Crippen molar-refractivity contribution >= 4 is 22.8 Å². The largest absolute Gasteiger partial charge is 0.417 e. The van der Waals surface area contributed by atoms with Gasteiger partial charge in [0.2, 0.25) is 0 Å². The molecule has 29 heavy (non-hydrogen) atoms. The van der Waals surface area contributed by atoms with E-state index in [1.165, 1.54) is 48.5 Å². The number of H-pyrrole nitrogens is 1. The highest BCUT2D eigenvalue weighted by Gasteiger charge is 2.33. The summed E-state index contributed by atoms with van der Waals surface area (Å²) in [7, 11) is 0. The molecular weight excluding hydrogens is 386 g/mol. The predicted octanol–water partition coefficient (Wildman–Crippen LogP) is 5.64. The molecule has 0 radical (unpaired) electrons. The monoisotopic (exact) mass is 399 g/mol. The minimum atomic E-state index is -4.50. The second kappa shape index (κ2) is 7.05. The molecule has 4 nitrogen and oxygen atoms in total. The summed E-state index contributed by atoms with van der Waals surface area (Å²) in [5.41, 5.74) is -0.364. The summed E-state index contributed by atoms with van der Waals surface area (Å²) in [6.45, 7) is 0. The number of carbonyl (C=O) groups is 1.